The van der Waals surface area contributed by atoms with Crippen molar-refractivity contribution in [3.63, 3.8) is 0 Å². The number of ether oxygens (including phenoxy) is 1. The number of rotatable bonds is 6. The van der Waals surface area contributed by atoms with Gasteiger partial charge >= 0.3 is 0 Å². The monoisotopic (exact) mass is 302 g/mol. The molecule has 2 N–H and O–H groups in total. The largest absolute Gasteiger partial charge is 0.379 e. The van der Waals surface area contributed by atoms with Crippen LogP contribution in [0.15, 0.2) is 18.2 Å². The molecule has 1 aromatic heterocycles. The Bertz CT molecular complexity index is 604. The number of aromatic nitrogens is 2. The number of nitrogens with one attached hydrogen (secondary N) is 2. The third-order valence-electron chi connectivity index (χ3n) is 4.25. The summed E-state index contributed by atoms with van der Waals surface area (Å²) < 4.78 is 5.38. The minimum absolute atomic E-state index is 0.490. The lowest BCUT2D eigenvalue weighted by atomic mass is 10.2. The highest BCUT2D eigenvalue weighted by Crippen LogP contribution is 2.15. The Morgan fingerprint density at radius 2 is 2.18 bits per heavy atom. The van der Waals surface area contributed by atoms with Crippen molar-refractivity contribution in [2.75, 3.05) is 39.4 Å². The first-order valence-electron chi connectivity index (χ1n) is 8.20. The Morgan fingerprint density at radius 1 is 1.36 bits per heavy atom. The highest BCUT2D eigenvalue weighted by Gasteiger charge is 2.13. The van der Waals surface area contributed by atoms with Gasteiger partial charge < -0.3 is 15.0 Å². The van der Waals surface area contributed by atoms with E-state index in [2.05, 4.69) is 47.2 Å². The average Bonchev–Trinajstić information content (AvgIpc) is 2.93. The molecule has 0 saturated carbocycles. The number of nitrogens with zero attached hydrogens (tertiary/aromatic N) is 2. The summed E-state index contributed by atoms with van der Waals surface area (Å²) in [6.45, 7) is 10.2. The van der Waals surface area contributed by atoms with E-state index in [1.165, 1.54) is 5.56 Å². The number of benzene rings is 1. The number of hydrogen-bond donors (Lipinski definition) is 2. The van der Waals surface area contributed by atoms with Crippen LogP contribution in [0.3, 0.4) is 0 Å². The van der Waals surface area contributed by atoms with Crippen LogP contribution in [0.25, 0.3) is 11.0 Å². The molecule has 1 aromatic carbocycles. The standard InChI is InChI=1S/C17H26N4O/c1-13-4-3-5-15-17(13)20-16(19-15)6-7-18-14(2)12-21-8-10-22-11-9-21/h3-5,14,18H,6-12H2,1-2H3,(H,19,20). The van der Waals surface area contributed by atoms with Crippen LogP contribution in [0.4, 0.5) is 0 Å². The van der Waals surface area contributed by atoms with Gasteiger partial charge in [0.25, 0.3) is 0 Å². The quantitative estimate of drug-likeness (QED) is 0.853. The molecule has 0 amide bonds. The molecule has 0 radical (unpaired) electrons. The fourth-order valence-corrected chi connectivity index (χ4v) is 3.02. The molecule has 1 aliphatic heterocycles. The van der Waals surface area contributed by atoms with Crippen LogP contribution in [0.1, 0.15) is 18.3 Å². The Hall–Kier alpha value is -1.43. The van der Waals surface area contributed by atoms with Gasteiger partial charge in [-0.25, -0.2) is 4.98 Å². The summed E-state index contributed by atoms with van der Waals surface area (Å²) >= 11 is 0. The van der Waals surface area contributed by atoms with E-state index in [0.29, 0.717) is 6.04 Å². The van der Waals surface area contributed by atoms with E-state index in [1.807, 2.05) is 0 Å². The molecule has 3 rings (SSSR count). The molecule has 5 nitrogen and oxygen atoms in total. The SMILES string of the molecule is Cc1cccc2[nH]c(CCNC(C)CN3CCOCC3)nc12. The van der Waals surface area contributed by atoms with E-state index in [0.717, 1.165) is 62.7 Å². The van der Waals surface area contributed by atoms with Gasteiger partial charge in [-0.15, -0.1) is 0 Å². The number of hydrogen-bond acceptors (Lipinski definition) is 4. The summed E-state index contributed by atoms with van der Waals surface area (Å²) in [6, 6.07) is 6.76. The van der Waals surface area contributed by atoms with Crippen molar-refractivity contribution in [2.24, 2.45) is 0 Å². The van der Waals surface area contributed by atoms with E-state index in [9.17, 15) is 0 Å². The first-order chi connectivity index (χ1) is 10.7. The van der Waals surface area contributed by atoms with Gasteiger partial charge in [0.15, 0.2) is 0 Å². The second-order valence-corrected chi connectivity index (χ2v) is 6.17. The molecule has 120 valence electrons. The minimum atomic E-state index is 0.490. The van der Waals surface area contributed by atoms with Crippen molar-refractivity contribution in [1.82, 2.24) is 20.2 Å². The van der Waals surface area contributed by atoms with Crippen molar-refractivity contribution < 1.29 is 4.74 Å². The Morgan fingerprint density at radius 3 is 2.95 bits per heavy atom. The lowest BCUT2D eigenvalue weighted by Crippen LogP contribution is -2.44. The summed E-state index contributed by atoms with van der Waals surface area (Å²) in [6.07, 6.45) is 0.932. The van der Waals surface area contributed by atoms with Crippen molar-refractivity contribution in [3.8, 4) is 0 Å². The van der Waals surface area contributed by atoms with E-state index in [1.54, 1.807) is 0 Å². The van der Waals surface area contributed by atoms with Gasteiger partial charge in [0.05, 0.1) is 24.2 Å². The molecule has 1 atom stereocenters. The van der Waals surface area contributed by atoms with Crippen molar-refractivity contribution >= 4 is 11.0 Å². The second kappa shape index (κ2) is 7.22. The Kier molecular flexibility index (Phi) is 5.08. The molecule has 1 fully saturated rings. The number of H-pyrrole nitrogens is 1. The third-order valence-corrected chi connectivity index (χ3v) is 4.25. The molecule has 22 heavy (non-hydrogen) atoms. The van der Waals surface area contributed by atoms with Gasteiger partial charge in [-0.3, -0.25) is 4.90 Å². The maximum atomic E-state index is 5.38. The van der Waals surface area contributed by atoms with Gasteiger partial charge in [-0.05, 0) is 25.5 Å². The fourth-order valence-electron chi connectivity index (χ4n) is 3.02. The summed E-state index contributed by atoms with van der Waals surface area (Å²) in [5, 5.41) is 3.59. The maximum absolute atomic E-state index is 5.38. The third kappa shape index (κ3) is 3.85. The zero-order valence-electron chi connectivity index (χ0n) is 13.6. The van der Waals surface area contributed by atoms with Crippen molar-refractivity contribution in [3.05, 3.63) is 29.6 Å². The van der Waals surface area contributed by atoms with Crippen LogP contribution in [0.2, 0.25) is 0 Å². The molecule has 0 aliphatic carbocycles. The zero-order chi connectivity index (χ0) is 15.4. The molecule has 1 unspecified atom stereocenters. The average molecular weight is 302 g/mol. The Balaban J connectivity index is 1.46. The lowest BCUT2D eigenvalue weighted by molar-refractivity contribution is 0.0344. The van der Waals surface area contributed by atoms with Crippen LogP contribution < -0.4 is 5.32 Å². The number of morpholine rings is 1. The summed E-state index contributed by atoms with van der Waals surface area (Å²) in [4.78, 5) is 10.6. The molecule has 2 heterocycles. The number of aromatic amines is 1. The van der Waals surface area contributed by atoms with E-state index < -0.39 is 0 Å². The van der Waals surface area contributed by atoms with Crippen LogP contribution in [0, 0.1) is 6.92 Å². The van der Waals surface area contributed by atoms with Crippen LogP contribution in [0.5, 0.6) is 0 Å². The molecule has 0 spiro atoms. The number of aryl methyl sites for hydroxylation is 1. The normalized spacial score (nSPS) is 17.9. The molecular weight excluding hydrogens is 276 g/mol. The lowest BCUT2D eigenvalue weighted by Gasteiger charge is -2.29. The highest BCUT2D eigenvalue weighted by atomic mass is 16.5. The molecule has 1 saturated heterocycles. The summed E-state index contributed by atoms with van der Waals surface area (Å²) in [5.41, 5.74) is 3.46. The first-order valence-corrected chi connectivity index (χ1v) is 8.20. The number of fused-ring (bicyclic) bond motifs is 1. The zero-order valence-corrected chi connectivity index (χ0v) is 13.6. The topological polar surface area (TPSA) is 53.2 Å². The first kappa shape index (κ1) is 15.5. The van der Waals surface area contributed by atoms with Crippen molar-refractivity contribution in [2.45, 2.75) is 26.3 Å². The van der Waals surface area contributed by atoms with Gasteiger partial charge in [0.2, 0.25) is 0 Å². The van der Waals surface area contributed by atoms with Crippen LogP contribution >= 0.6 is 0 Å². The molecule has 0 bridgehead atoms. The summed E-state index contributed by atoms with van der Waals surface area (Å²) in [5.74, 6) is 1.07. The smallest absolute Gasteiger partial charge is 0.108 e. The second-order valence-electron chi connectivity index (χ2n) is 6.17. The Labute approximate surface area is 132 Å². The van der Waals surface area contributed by atoms with E-state index in [-0.39, 0.29) is 0 Å². The van der Waals surface area contributed by atoms with E-state index in [4.69, 9.17) is 9.72 Å². The fraction of sp³-hybridized carbons (Fsp3) is 0.588. The van der Waals surface area contributed by atoms with Gasteiger partial charge in [-0.1, -0.05) is 12.1 Å². The minimum Gasteiger partial charge on any atom is -0.379 e. The van der Waals surface area contributed by atoms with Gasteiger partial charge in [0.1, 0.15) is 5.82 Å². The van der Waals surface area contributed by atoms with E-state index >= 15 is 0 Å². The van der Waals surface area contributed by atoms with Gasteiger partial charge in [0, 0.05) is 38.6 Å². The predicted octanol–water partition coefficient (Wildman–Crippen LogP) is 1.72. The van der Waals surface area contributed by atoms with Gasteiger partial charge in [-0.2, -0.15) is 0 Å². The van der Waals surface area contributed by atoms with Crippen LogP contribution in [-0.4, -0.2) is 60.3 Å². The van der Waals surface area contributed by atoms with Crippen molar-refractivity contribution in [1.29, 1.82) is 0 Å². The number of para-hydroxylation sites is 1. The summed E-state index contributed by atoms with van der Waals surface area (Å²) in [7, 11) is 0. The molecule has 1 aliphatic rings. The predicted molar refractivity (Wildman–Crippen MR) is 89.3 cm³/mol. The van der Waals surface area contributed by atoms with Crippen LogP contribution in [-0.2, 0) is 11.2 Å². The molecule has 2 aromatic rings. The maximum Gasteiger partial charge on any atom is 0.108 e. The number of imidazole rings is 1. The highest BCUT2D eigenvalue weighted by molar-refractivity contribution is 5.78. The molecular formula is C17H26N4O. The molecule has 5 heteroatoms.